The lowest BCUT2D eigenvalue weighted by atomic mass is 10.0. The SMILES string of the molecule is Cc1cc(C)cc(-c2ncnc3c4c(sc23)[Si](C)(C)CC[Si]4(C)C)c1. The molecule has 0 fully saturated rings. The van der Waals surface area contributed by atoms with E-state index in [2.05, 4.69) is 58.2 Å². The Morgan fingerprint density at radius 2 is 1.52 bits per heavy atom. The van der Waals surface area contributed by atoms with Crippen LogP contribution in [0.5, 0.6) is 0 Å². The zero-order chi connectivity index (χ0) is 18.0. The van der Waals surface area contributed by atoms with Crippen molar-refractivity contribution in [1.29, 1.82) is 0 Å². The Labute approximate surface area is 156 Å². The summed E-state index contributed by atoms with van der Waals surface area (Å²) >= 11 is 2.01. The van der Waals surface area contributed by atoms with Crippen LogP contribution in [0.2, 0.25) is 38.3 Å². The number of fused-ring (bicyclic) bond motifs is 3. The van der Waals surface area contributed by atoms with E-state index in [-0.39, 0.29) is 0 Å². The molecule has 0 bridgehead atoms. The van der Waals surface area contributed by atoms with Crippen LogP contribution in [0.1, 0.15) is 11.1 Å². The summed E-state index contributed by atoms with van der Waals surface area (Å²) in [6.07, 6.45) is 1.79. The van der Waals surface area contributed by atoms with Crippen LogP contribution < -0.4 is 9.69 Å². The van der Waals surface area contributed by atoms with Gasteiger partial charge in [-0.05, 0) is 35.7 Å². The topological polar surface area (TPSA) is 25.8 Å². The molecule has 1 aliphatic heterocycles. The highest BCUT2D eigenvalue weighted by molar-refractivity contribution is 7.35. The number of thiophene rings is 1. The van der Waals surface area contributed by atoms with Crippen molar-refractivity contribution in [3.8, 4) is 11.3 Å². The van der Waals surface area contributed by atoms with Crippen molar-refractivity contribution in [3.63, 3.8) is 0 Å². The molecule has 25 heavy (non-hydrogen) atoms. The molecule has 0 saturated carbocycles. The number of aryl methyl sites for hydroxylation is 2. The van der Waals surface area contributed by atoms with E-state index in [1.807, 2.05) is 11.3 Å². The van der Waals surface area contributed by atoms with Crippen molar-refractivity contribution in [2.45, 2.75) is 52.1 Å². The van der Waals surface area contributed by atoms with E-state index >= 15 is 0 Å². The Morgan fingerprint density at radius 3 is 2.20 bits per heavy atom. The number of rotatable bonds is 1. The van der Waals surface area contributed by atoms with Crippen molar-refractivity contribution in [1.82, 2.24) is 9.97 Å². The fraction of sp³-hybridized carbons (Fsp3) is 0.400. The summed E-state index contributed by atoms with van der Waals surface area (Å²) in [6, 6.07) is 9.59. The van der Waals surface area contributed by atoms with Gasteiger partial charge < -0.3 is 0 Å². The lowest BCUT2D eigenvalue weighted by Gasteiger charge is -2.36. The first kappa shape index (κ1) is 17.1. The Kier molecular flexibility index (Phi) is 3.83. The largest absolute Gasteiger partial charge is 0.236 e. The third-order valence-corrected chi connectivity index (χ3v) is 15.8. The van der Waals surface area contributed by atoms with Crippen molar-refractivity contribution in [2.24, 2.45) is 0 Å². The minimum atomic E-state index is -1.40. The highest BCUT2D eigenvalue weighted by atomic mass is 32.1. The van der Waals surface area contributed by atoms with Gasteiger partial charge >= 0.3 is 0 Å². The van der Waals surface area contributed by atoms with Gasteiger partial charge in [-0.25, -0.2) is 9.97 Å². The Bertz CT molecular complexity index is 969. The number of hydrogen-bond acceptors (Lipinski definition) is 3. The second kappa shape index (κ2) is 5.59. The summed E-state index contributed by atoms with van der Waals surface area (Å²) in [5.41, 5.74) is 6.23. The van der Waals surface area contributed by atoms with Gasteiger partial charge in [0.15, 0.2) is 0 Å². The summed E-state index contributed by atoms with van der Waals surface area (Å²) in [4.78, 5) is 9.53. The number of nitrogens with zero attached hydrogens (tertiary/aromatic N) is 2. The Morgan fingerprint density at radius 1 is 0.880 bits per heavy atom. The van der Waals surface area contributed by atoms with Crippen molar-refractivity contribution in [3.05, 3.63) is 35.7 Å². The van der Waals surface area contributed by atoms with Gasteiger partial charge in [0.05, 0.1) is 32.1 Å². The summed E-state index contributed by atoms with van der Waals surface area (Å²) < 4.78 is 3.03. The van der Waals surface area contributed by atoms with Crippen molar-refractivity contribution >= 4 is 47.4 Å². The van der Waals surface area contributed by atoms with E-state index in [4.69, 9.17) is 9.97 Å². The lowest BCUT2D eigenvalue weighted by Crippen LogP contribution is -2.61. The molecule has 0 spiro atoms. The molecule has 2 nitrogen and oxygen atoms in total. The monoisotopic (exact) mass is 382 g/mol. The van der Waals surface area contributed by atoms with E-state index in [0.717, 1.165) is 5.69 Å². The molecule has 0 unspecified atom stereocenters. The predicted octanol–water partition coefficient (Wildman–Crippen LogP) is 4.82. The van der Waals surface area contributed by atoms with E-state index in [1.54, 1.807) is 16.0 Å². The molecule has 2 aromatic heterocycles. The third-order valence-electron chi connectivity index (χ3n) is 5.63. The average Bonchev–Trinajstić information content (AvgIpc) is 2.93. The normalized spacial score (nSPS) is 18.3. The van der Waals surface area contributed by atoms with E-state index in [1.165, 1.54) is 39.0 Å². The molecule has 1 aliphatic rings. The molecule has 5 heteroatoms. The molecule has 0 radical (unpaired) electrons. The minimum absolute atomic E-state index is 1.13. The van der Waals surface area contributed by atoms with Gasteiger partial charge in [0.25, 0.3) is 0 Å². The number of hydrogen-bond donors (Lipinski definition) is 0. The fourth-order valence-corrected chi connectivity index (χ4v) is 17.7. The molecule has 1 aromatic carbocycles. The van der Waals surface area contributed by atoms with Gasteiger partial charge in [-0.1, -0.05) is 55.5 Å². The molecular formula is C20H26N2SSi2. The first-order valence-electron chi connectivity index (χ1n) is 9.06. The van der Waals surface area contributed by atoms with Crippen molar-refractivity contribution < 1.29 is 0 Å². The van der Waals surface area contributed by atoms with Crippen LogP contribution in [-0.2, 0) is 0 Å². The lowest BCUT2D eigenvalue weighted by molar-refractivity contribution is 1.23. The summed E-state index contributed by atoms with van der Waals surface area (Å²) in [5, 5.41) is 1.66. The molecule has 130 valence electrons. The maximum absolute atomic E-state index is 4.80. The Balaban J connectivity index is 2.06. The second-order valence-corrected chi connectivity index (χ2v) is 19.8. The first-order valence-corrected chi connectivity index (χ1v) is 16.3. The van der Waals surface area contributed by atoms with Crippen molar-refractivity contribution in [2.75, 3.05) is 0 Å². The highest BCUT2D eigenvalue weighted by Gasteiger charge is 2.43. The van der Waals surface area contributed by atoms with Crippen LogP contribution >= 0.6 is 11.3 Å². The van der Waals surface area contributed by atoms with E-state index in [0.29, 0.717) is 0 Å². The minimum Gasteiger partial charge on any atom is -0.236 e. The smallest absolute Gasteiger partial charge is 0.116 e. The first-order chi connectivity index (χ1) is 11.7. The summed E-state index contributed by atoms with van der Waals surface area (Å²) in [6.45, 7) is 14.5. The zero-order valence-corrected chi connectivity index (χ0v) is 18.8. The quantitative estimate of drug-likeness (QED) is 0.564. The standard InChI is InChI=1S/C20H26N2SSi2/c1-13-9-14(2)11-15(10-13)16-18-17(22-12-21-16)19-20(23-18)25(5,6)8-7-24(19,3)4/h9-12H,7-8H2,1-6H3. The highest BCUT2D eigenvalue weighted by Crippen LogP contribution is 2.35. The molecule has 0 saturated heterocycles. The summed E-state index contributed by atoms with van der Waals surface area (Å²) in [5.74, 6) is 0. The molecule has 3 heterocycles. The summed E-state index contributed by atoms with van der Waals surface area (Å²) in [7, 11) is -2.75. The van der Waals surface area contributed by atoms with Crippen LogP contribution in [0.3, 0.4) is 0 Å². The van der Waals surface area contributed by atoms with Gasteiger partial charge in [-0.2, -0.15) is 0 Å². The molecule has 0 atom stereocenters. The maximum Gasteiger partial charge on any atom is 0.116 e. The van der Waals surface area contributed by atoms with Crippen LogP contribution in [0.15, 0.2) is 24.5 Å². The van der Waals surface area contributed by atoms with Crippen LogP contribution in [0.4, 0.5) is 0 Å². The van der Waals surface area contributed by atoms with Crippen LogP contribution in [0, 0.1) is 13.8 Å². The predicted molar refractivity (Wildman–Crippen MR) is 116 cm³/mol. The molecule has 4 rings (SSSR count). The zero-order valence-electron chi connectivity index (χ0n) is 16.0. The molecule has 3 aromatic rings. The van der Waals surface area contributed by atoms with E-state index in [9.17, 15) is 0 Å². The van der Waals surface area contributed by atoms with Gasteiger partial charge in [0.1, 0.15) is 6.33 Å². The third kappa shape index (κ3) is 2.73. The molecule has 0 aliphatic carbocycles. The van der Waals surface area contributed by atoms with Gasteiger partial charge in [-0.3, -0.25) is 0 Å². The van der Waals surface area contributed by atoms with Gasteiger partial charge in [-0.15, -0.1) is 11.3 Å². The molecular weight excluding hydrogens is 356 g/mol. The maximum atomic E-state index is 4.80. The van der Waals surface area contributed by atoms with Gasteiger partial charge in [0.2, 0.25) is 0 Å². The second-order valence-electron chi connectivity index (χ2n) is 8.85. The van der Waals surface area contributed by atoms with Crippen LogP contribution in [0.25, 0.3) is 21.5 Å². The molecule has 0 N–H and O–H groups in total. The van der Waals surface area contributed by atoms with Gasteiger partial charge in [0, 0.05) is 5.56 Å². The van der Waals surface area contributed by atoms with Crippen LogP contribution in [-0.4, -0.2) is 26.1 Å². The Hall–Kier alpha value is -1.31. The number of benzene rings is 1. The van der Waals surface area contributed by atoms with E-state index < -0.39 is 16.1 Å². The average molecular weight is 383 g/mol. The molecule has 0 amide bonds. The number of aromatic nitrogens is 2. The fourth-order valence-electron chi connectivity index (χ4n) is 4.19.